The molecular formula is C19H22KN3O4S. The van der Waals surface area contributed by atoms with Crippen molar-refractivity contribution in [2.75, 3.05) is 0 Å². The van der Waals surface area contributed by atoms with Gasteiger partial charge in [0.15, 0.2) is 0 Å². The molecular weight excluding hydrogens is 405 g/mol. The SMILES string of the molecule is CC1(C)SC2C(N3C(=O)C(c4ccccc4)NC3(C)C)C(=O)N2C1C(=O)[O-].[K+]. The second-order valence-corrected chi connectivity index (χ2v) is 10.0. The van der Waals surface area contributed by atoms with E-state index < -0.39 is 34.5 Å². The van der Waals surface area contributed by atoms with Gasteiger partial charge in [0.25, 0.3) is 0 Å². The van der Waals surface area contributed by atoms with Gasteiger partial charge in [-0.25, -0.2) is 0 Å². The molecule has 7 nitrogen and oxygen atoms in total. The first-order valence-electron chi connectivity index (χ1n) is 8.93. The molecule has 3 heterocycles. The topological polar surface area (TPSA) is 92.8 Å². The van der Waals surface area contributed by atoms with Crippen LogP contribution >= 0.6 is 11.8 Å². The summed E-state index contributed by atoms with van der Waals surface area (Å²) in [6.45, 7) is 7.32. The molecule has 1 aromatic rings. The van der Waals surface area contributed by atoms with Crippen molar-refractivity contribution in [2.24, 2.45) is 0 Å². The Hall–Kier alpha value is -0.424. The molecule has 28 heavy (non-hydrogen) atoms. The zero-order valence-corrected chi connectivity index (χ0v) is 20.6. The Bertz CT molecular complexity index is 832. The molecule has 3 fully saturated rings. The molecule has 3 saturated heterocycles. The Morgan fingerprint density at radius 2 is 1.71 bits per heavy atom. The standard InChI is InChI=1S/C19H23N3O4S.K/c1-18(2)13(17(25)26)21-15(24)12(16(21)27-18)22-14(23)11(20-19(22,3)4)10-8-6-5-7-9-10;/h5-9,11-13,16,20H,1-4H3,(H,25,26);/q;+1/p-1. The smallest absolute Gasteiger partial charge is 0.548 e. The average molecular weight is 428 g/mol. The van der Waals surface area contributed by atoms with Gasteiger partial charge in [0.1, 0.15) is 17.5 Å². The summed E-state index contributed by atoms with van der Waals surface area (Å²) in [7, 11) is 0. The van der Waals surface area contributed by atoms with E-state index in [0.717, 1.165) is 5.56 Å². The number of thioether (sulfide) groups is 1. The Kier molecular flexibility index (Phi) is 5.86. The van der Waals surface area contributed by atoms with Gasteiger partial charge in [-0.2, -0.15) is 0 Å². The van der Waals surface area contributed by atoms with Crippen molar-refractivity contribution >= 4 is 29.5 Å². The van der Waals surface area contributed by atoms with E-state index in [9.17, 15) is 19.5 Å². The van der Waals surface area contributed by atoms with Gasteiger partial charge in [-0.3, -0.25) is 14.9 Å². The van der Waals surface area contributed by atoms with E-state index >= 15 is 0 Å². The minimum absolute atomic E-state index is 0. The molecule has 0 aliphatic carbocycles. The molecule has 0 saturated carbocycles. The van der Waals surface area contributed by atoms with E-state index in [1.807, 2.05) is 44.2 Å². The van der Waals surface area contributed by atoms with E-state index in [1.54, 1.807) is 18.7 Å². The van der Waals surface area contributed by atoms with Crippen LogP contribution in [0.3, 0.4) is 0 Å². The number of hydrogen-bond donors (Lipinski definition) is 1. The van der Waals surface area contributed by atoms with Crippen LogP contribution in [0.1, 0.15) is 39.3 Å². The van der Waals surface area contributed by atoms with Crippen LogP contribution < -0.4 is 61.8 Å². The van der Waals surface area contributed by atoms with Crippen LogP contribution in [-0.2, 0) is 14.4 Å². The van der Waals surface area contributed by atoms with Gasteiger partial charge in [-0.15, -0.1) is 11.8 Å². The first kappa shape index (κ1) is 22.3. The quantitative estimate of drug-likeness (QED) is 0.411. The van der Waals surface area contributed by atoms with Gasteiger partial charge in [0.2, 0.25) is 11.8 Å². The molecule has 0 aromatic heterocycles. The fourth-order valence-electron chi connectivity index (χ4n) is 4.47. The maximum atomic E-state index is 13.2. The van der Waals surface area contributed by atoms with Crippen LogP contribution in [0.2, 0.25) is 0 Å². The molecule has 4 rings (SSSR count). The van der Waals surface area contributed by atoms with Crippen molar-refractivity contribution in [1.82, 2.24) is 15.1 Å². The molecule has 9 heteroatoms. The molecule has 1 N–H and O–H groups in total. The molecule has 0 spiro atoms. The molecule has 3 aliphatic heterocycles. The summed E-state index contributed by atoms with van der Waals surface area (Å²) in [6, 6.07) is 7.19. The summed E-state index contributed by atoms with van der Waals surface area (Å²) in [5.74, 6) is -1.75. The molecule has 1 aromatic carbocycles. The monoisotopic (exact) mass is 427 g/mol. The van der Waals surface area contributed by atoms with E-state index in [4.69, 9.17) is 0 Å². The first-order valence-corrected chi connectivity index (χ1v) is 9.81. The van der Waals surface area contributed by atoms with E-state index in [1.165, 1.54) is 16.7 Å². The Labute approximate surface area is 211 Å². The van der Waals surface area contributed by atoms with Crippen LogP contribution in [0, 0.1) is 0 Å². The second kappa shape index (κ2) is 7.37. The number of β-lactam (4-membered cyclic amide) rings is 1. The zero-order chi connectivity index (χ0) is 19.7. The number of fused-ring (bicyclic) bond motifs is 1. The van der Waals surface area contributed by atoms with E-state index in [0.29, 0.717) is 0 Å². The Morgan fingerprint density at radius 1 is 1.11 bits per heavy atom. The van der Waals surface area contributed by atoms with Crippen LogP contribution in [0.25, 0.3) is 0 Å². The summed E-state index contributed by atoms with van der Waals surface area (Å²) >= 11 is 1.42. The number of carbonyl (C=O) groups is 3. The minimum atomic E-state index is -1.26. The van der Waals surface area contributed by atoms with Crippen molar-refractivity contribution in [3.63, 3.8) is 0 Å². The number of carbonyl (C=O) groups excluding carboxylic acids is 3. The molecule has 2 amide bonds. The van der Waals surface area contributed by atoms with Gasteiger partial charge in [-0.1, -0.05) is 30.3 Å². The van der Waals surface area contributed by atoms with Crippen molar-refractivity contribution in [3.8, 4) is 0 Å². The Balaban J connectivity index is 0.00000225. The number of benzene rings is 1. The van der Waals surface area contributed by atoms with Gasteiger partial charge >= 0.3 is 51.4 Å². The maximum Gasteiger partial charge on any atom is 1.00 e. The third-order valence-electron chi connectivity index (χ3n) is 5.63. The molecule has 3 aliphatic rings. The van der Waals surface area contributed by atoms with Gasteiger partial charge in [0, 0.05) is 4.75 Å². The molecule has 0 bridgehead atoms. The number of nitrogens with zero attached hydrogens (tertiary/aromatic N) is 2. The van der Waals surface area contributed by atoms with Crippen molar-refractivity contribution < 1.29 is 70.9 Å². The molecule has 0 radical (unpaired) electrons. The summed E-state index contributed by atoms with van der Waals surface area (Å²) < 4.78 is -0.674. The number of aliphatic carboxylic acids is 1. The van der Waals surface area contributed by atoms with Crippen molar-refractivity contribution in [2.45, 2.75) is 61.6 Å². The normalized spacial score (nSPS) is 32.6. The summed E-state index contributed by atoms with van der Waals surface area (Å²) in [4.78, 5) is 40.7. The number of carboxylic acid groups (broad SMARTS) is 1. The number of amides is 2. The largest absolute Gasteiger partial charge is 1.00 e. The van der Waals surface area contributed by atoms with Gasteiger partial charge < -0.3 is 19.7 Å². The minimum Gasteiger partial charge on any atom is -0.548 e. The number of carboxylic acids is 1. The molecule has 144 valence electrons. The number of rotatable bonds is 3. The van der Waals surface area contributed by atoms with Crippen LogP contribution in [0.5, 0.6) is 0 Å². The van der Waals surface area contributed by atoms with Gasteiger partial charge in [0.05, 0.1) is 17.7 Å². The summed E-state index contributed by atoms with van der Waals surface area (Å²) in [6.07, 6.45) is 0. The van der Waals surface area contributed by atoms with Crippen molar-refractivity contribution in [1.29, 1.82) is 0 Å². The van der Waals surface area contributed by atoms with E-state index in [2.05, 4.69) is 5.32 Å². The summed E-state index contributed by atoms with van der Waals surface area (Å²) in [5.41, 5.74) is 0.114. The van der Waals surface area contributed by atoms with Crippen LogP contribution in [0.15, 0.2) is 30.3 Å². The Morgan fingerprint density at radius 3 is 2.29 bits per heavy atom. The molecule has 4 atom stereocenters. The molecule has 4 unspecified atom stereocenters. The second-order valence-electron chi connectivity index (χ2n) is 8.28. The average Bonchev–Trinajstić information content (AvgIpc) is 2.98. The van der Waals surface area contributed by atoms with Gasteiger partial charge in [-0.05, 0) is 33.3 Å². The predicted molar refractivity (Wildman–Crippen MR) is 98.1 cm³/mol. The summed E-state index contributed by atoms with van der Waals surface area (Å²) in [5, 5.41) is 14.5. The third-order valence-corrected chi connectivity index (χ3v) is 7.19. The predicted octanol–water partition coefficient (Wildman–Crippen LogP) is -2.92. The number of nitrogens with one attached hydrogen (secondary N) is 1. The van der Waals surface area contributed by atoms with Crippen LogP contribution in [0.4, 0.5) is 0 Å². The fraction of sp³-hybridized carbons (Fsp3) is 0.526. The van der Waals surface area contributed by atoms with E-state index in [-0.39, 0.29) is 68.6 Å². The van der Waals surface area contributed by atoms with Crippen LogP contribution in [-0.4, -0.2) is 55.5 Å². The zero-order valence-electron chi connectivity index (χ0n) is 16.6. The fourth-order valence-corrected chi connectivity index (χ4v) is 6.13. The number of hydrogen-bond acceptors (Lipinski definition) is 6. The first-order chi connectivity index (χ1) is 12.6. The maximum absolute atomic E-state index is 13.2. The van der Waals surface area contributed by atoms with Crippen molar-refractivity contribution in [3.05, 3.63) is 35.9 Å². The third kappa shape index (κ3) is 3.19.